The molecule has 0 radical (unpaired) electrons. The summed E-state index contributed by atoms with van der Waals surface area (Å²) in [6, 6.07) is 0. The van der Waals surface area contributed by atoms with Crippen LogP contribution in [0.3, 0.4) is 0 Å². The first-order chi connectivity index (χ1) is 10.4. The molecule has 0 aromatic rings. The van der Waals surface area contributed by atoms with Crippen molar-refractivity contribution in [1.29, 1.82) is 0 Å². The minimum absolute atomic E-state index is 0.749. The van der Waals surface area contributed by atoms with E-state index in [1.165, 1.54) is 89.9 Å². The van der Waals surface area contributed by atoms with E-state index in [4.69, 9.17) is 0 Å². The van der Waals surface area contributed by atoms with Crippen molar-refractivity contribution in [3.05, 3.63) is 12.2 Å². The van der Waals surface area contributed by atoms with E-state index < -0.39 is 0 Å². The van der Waals surface area contributed by atoms with Crippen molar-refractivity contribution in [2.24, 2.45) is 0 Å². The summed E-state index contributed by atoms with van der Waals surface area (Å²) in [6.07, 6.45) is 26.6. The van der Waals surface area contributed by atoms with Gasteiger partial charge in [0.05, 0.1) is 0 Å². The number of hydrogen-bond acceptors (Lipinski definition) is 1. The van der Waals surface area contributed by atoms with Gasteiger partial charge < -0.3 is 4.79 Å². The van der Waals surface area contributed by atoms with E-state index in [0.717, 1.165) is 19.1 Å². The molecular weight excluding hydrogens is 256 g/mol. The van der Waals surface area contributed by atoms with E-state index in [9.17, 15) is 4.79 Å². The smallest absolute Gasteiger partial charge is 0.119 e. The lowest BCUT2D eigenvalue weighted by Gasteiger charge is -2.00. The van der Waals surface area contributed by atoms with Crippen LogP contribution in [-0.4, -0.2) is 6.29 Å². The highest BCUT2D eigenvalue weighted by Gasteiger charge is 1.91. The van der Waals surface area contributed by atoms with Gasteiger partial charge in [0.25, 0.3) is 0 Å². The van der Waals surface area contributed by atoms with Crippen molar-refractivity contribution < 1.29 is 4.79 Å². The average Bonchev–Trinajstić information content (AvgIpc) is 2.50. The standard InChI is InChI=1S/C20H38O/c1-2-3-4-5-6-7-8-9-10-11-12-13-14-15-16-17-18-19-20-21/h11-12,20H,2-10,13-19H2,1H3/b12-11-. The summed E-state index contributed by atoms with van der Waals surface area (Å²) in [5.74, 6) is 0. The molecule has 0 fully saturated rings. The Bertz CT molecular complexity index is 220. The molecule has 1 nitrogen and oxygen atoms in total. The highest BCUT2D eigenvalue weighted by Crippen LogP contribution is 2.10. The second kappa shape index (κ2) is 19.4. The Hall–Kier alpha value is -0.590. The van der Waals surface area contributed by atoms with Gasteiger partial charge in [-0.3, -0.25) is 0 Å². The summed E-state index contributed by atoms with van der Waals surface area (Å²) in [6.45, 7) is 2.28. The lowest BCUT2D eigenvalue weighted by Crippen LogP contribution is -1.81. The maximum Gasteiger partial charge on any atom is 0.119 e. The molecule has 0 aromatic carbocycles. The minimum Gasteiger partial charge on any atom is -0.303 e. The van der Waals surface area contributed by atoms with Crippen LogP contribution in [0.2, 0.25) is 0 Å². The third kappa shape index (κ3) is 19.4. The first kappa shape index (κ1) is 20.4. The van der Waals surface area contributed by atoms with E-state index in [1.807, 2.05) is 0 Å². The zero-order valence-electron chi connectivity index (χ0n) is 14.5. The summed E-state index contributed by atoms with van der Waals surface area (Å²) < 4.78 is 0. The molecule has 0 saturated heterocycles. The summed E-state index contributed by atoms with van der Waals surface area (Å²) in [5.41, 5.74) is 0. The Morgan fingerprint density at radius 1 is 0.524 bits per heavy atom. The van der Waals surface area contributed by atoms with Crippen LogP contribution >= 0.6 is 0 Å². The quantitative estimate of drug-likeness (QED) is 0.160. The fraction of sp³-hybridized carbons (Fsp3) is 0.850. The predicted octanol–water partition coefficient (Wildman–Crippen LogP) is 7.00. The molecule has 0 aliphatic carbocycles. The first-order valence-electron chi connectivity index (χ1n) is 9.50. The molecule has 0 aromatic heterocycles. The van der Waals surface area contributed by atoms with Crippen LogP contribution in [-0.2, 0) is 4.79 Å². The normalized spacial score (nSPS) is 11.3. The number of allylic oxidation sites excluding steroid dienone is 2. The molecule has 0 bridgehead atoms. The minimum atomic E-state index is 0.749. The molecule has 21 heavy (non-hydrogen) atoms. The maximum absolute atomic E-state index is 10.2. The maximum atomic E-state index is 10.2. The largest absolute Gasteiger partial charge is 0.303 e. The second-order valence-corrected chi connectivity index (χ2v) is 6.25. The molecule has 0 spiro atoms. The SMILES string of the molecule is CCCCCCCCCC/C=C\CCCCCCCC=O. The van der Waals surface area contributed by atoms with Crippen LogP contribution in [0.4, 0.5) is 0 Å². The number of carbonyl (C=O) groups is 1. The molecule has 0 saturated carbocycles. The van der Waals surface area contributed by atoms with Gasteiger partial charge in [-0.2, -0.15) is 0 Å². The third-order valence-electron chi connectivity index (χ3n) is 4.08. The zero-order chi connectivity index (χ0) is 15.4. The van der Waals surface area contributed by atoms with Gasteiger partial charge in [0.2, 0.25) is 0 Å². The lowest BCUT2D eigenvalue weighted by atomic mass is 10.1. The van der Waals surface area contributed by atoms with Crippen molar-refractivity contribution >= 4 is 6.29 Å². The Morgan fingerprint density at radius 3 is 1.33 bits per heavy atom. The lowest BCUT2D eigenvalue weighted by molar-refractivity contribution is -0.107. The van der Waals surface area contributed by atoms with Crippen LogP contribution < -0.4 is 0 Å². The number of unbranched alkanes of at least 4 members (excludes halogenated alkanes) is 14. The first-order valence-corrected chi connectivity index (χ1v) is 9.50. The highest BCUT2D eigenvalue weighted by atomic mass is 16.1. The van der Waals surface area contributed by atoms with E-state index >= 15 is 0 Å². The Kier molecular flexibility index (Phi) is 18.9. The Labute approximate surface area is 133 Å². The third-order valence-corrected chi connectivity index (χ3v) is 4.08. The predicted molar refractivity (Wildman–Crippen MR) is 94.8 cm³/mol. The van der Waals surface area contributed by atoms with Gasteiger partial charge in [-0.05, 0) is 32.1 Å². The summed E-state index contributed by atoms with van der Waals surface area (Å²) in [5, 5.41) is 0. The van der Waals surface area contributed by atoms with Crippen molar-refractivity contribution in [2.75, 3.05) is 0 Å². The van der Waals surface area contributed by atoms with Crippen LogP contribution in [0.15, 0.2) is 12.2 Å². The molecule has 0 atom stereocenters. The topological polar surface area (TPSA) is 17.1 Å². The fourth-order valence-electron chi connectivity index (χ4n) is 2.65. The molecule has 0 amide bonds. The van der Waals surface area contributed by atoms with Gasteiger partial charge in [-0.1, -0.05) is 83.3 Å². The fourth-order valence-corrected chi connectivity index (χ4v) is 2.65. The molecule has 0 aliphatic heterocycles. The zero-order valence-corrected chi connectivity index (χ0v) is 14.5. The molecule has 0 heterocycles. The number of carbonyl (C=O) groups excluding carboxylic acids is 1. The molecule has 124 valence electrons. The number of rotatable bonds is 17. The van der Waals surface area contributed by atoms with Gasteiger partial charge in [-0.25, -0.2) is 0 Å². The number of hydrogen-bond donors (Lipinski definition) is 0. The van der Waals surface area contributed by atoms with Gasteiger partial charge in [0.15, 0.2) is 0 Å². The molecule has 0 N–H and O–H groups in total. The molecule has 0 rings (SSSR count). The summed E-state index contributed by atoms with van der Waals surface area (Å²) in [4.78, 5) is 10.2. The summed E-state index contributed by atoms with van der Waals surface area (Å²) in [7, 11) is 0. The number of aldehydes is 1. The second-order valence-electron chi connectivity index (χ2n) is 6.25. The monoisotopic (exact) mass is 294 g/mol. The molecule has 0 aliphatic rings. The van der Waals surface area contributed by atoms with E-state index in [2.05, 4.69) is 19.1 Å². The molecule has 0 unspecified atom stereocenters. The van der Waals surface area contributed by atoms with Gasteiger partial charge in [0, 0.05) is 6.42 Å². The highest BCUT2D eigenvalue weighted by molar-refractivity contribution is 5.48. The Morgan fingerprint density at radius 2 is 0.905 bits per heavy atom. The van der Waals surface area contributed by atoms with Crippen LogP contribution in [0.1, 0.15) is 110 Å². The van der Waals surface area contributed by atoms with Gasteiger partial charge in [0.1, 0.15) is 6.29 Å². The van der Waals surface area contributed by atoms with E-state index in [1.54, 1.807) is 0 Å². The van der Waals surface area contributed by atoms with Gasteiger partial charge in [-0.15, -0.1) is 0 Å². The van der Waals surface area contributed by atoms with E-state index in [0.29, 0.717) is 0 Å². The van der Waals surface area contributed by atoms with Crippen molar-refractivity contribution in [1.82, 2.24) is 0 Å². The van der Waals surface area contributed by atoms with E-state index in [-0.39, 0.29) is 0 Å². The Balaban J connectivity index is 3.03. The van der Waals surface area contributed by atoms with Crippen LogP contribution in [0.25, 0.3) is 0 Å². The molecule has 1 heteroatoms. The van der Waals surface area contributed by atoms with Crippen molar-refractivity contribution in [3.8, 4) is 0 Å². The van der Waals surface area contributed by atoms with Crippen molar-refractivity contribution in [3.63, 3.8) is 0 Å². The van der Waals surface area contributed by atoms with Crippen LogP contribution in [0, 0.1) is 0 Å². The molecular formula is C20H38O. The average molecular weight is 295 g/mol. The van der Waals surface area contributed by atoms with Gasteiger partial charge >= 0.3 is 0 Å². The van der Waals surface area contributed by atoms with Crippen LogP contribution in [0.5, 0.6) is 0 Å². The van der Waals surface area contributed by atoms with Crippen molar-refractivity contribution in [2.45, 2.75) is 110 Å². The summed E-state index contributed by atoms with van der Waals surface area (Å²) >= 11 is 0.